The van der Waals surface area contributed by atoms with Crippen molar-refractivity contribution in [3.05, 3.63) is 18.3 Å². The number of piperidine rings is 2. The maximum Gasteiger partial charge on any atom is 0.244 e. The van der Waals surface area contributed by atoms with Crippen molar-refractivity contribution < 1.29 is 13.2 Å². The lowest BCUT2D eigenvalue weighted by atomic mass is 9.92. The van der Waals surface area contributed by atoms with Gasteiger partial charge in [-0.25, -0.2) is 13.4 Å². The van der Waals surface area contributed by atoms with Crippen LogP contribution in [0.4, 0.5) is 5.82 Å². The van der Waals surface area contributed by atoms with Crippen LogP contribution in [0, 0.1) is 11.8 Å². The minimum atomic E-state index is -3.49. The van der Waals surface area contributed by atoms with E-state index < -0.39 is 10.0 Å². The first-order valence-corrected chi connectivity index (χ1v) is 13.0. The van der Waals surface area contributed by atoms with Crippen molar-refractivity contribution in [3.63, 3.8) is 0 Å². The third kappa shape index (κ3) is 5.04. The zero-order valence-electron chi connectivity index (χ0n) is 18.7. The SMILES string of the molecule is CC1CCN(C(=O)C2CCN(c3ccc(S(=O)(=O)N4CCN(C)CC4)cn3)CC2)CC1. The number of anilines is 1. The van der Waals surface area contributed by atoms with Crippen LogP contribution in [-0.2, 0) is 14.8 Å². The number of aromatic nitrogens is 1. The predicted octanol–water partition coefficient (Wildman–Crippen LogP) is 1.49. The van der Waals surface area contributed by atoms with Gasteiger partial charge >= 0.3 is 0 Å². The molecule has 9 heteroatoms. The second kappa shape index (κ2) is 9.42. The topological polar surface area (TPSA) is 77.1 Å². The van der Waals surface area contributed by atoms with Crippen molar-refractivity contribution in [2.24, 2.45) is 11.8 Å². The van der Waals surface area contributed by atoms with Gasteiger partial charge in [0.15, 0.2) is 0 Å². The van der Waals surface area contributed by atoms with Crippen LogP contribution in [0.25, 0.3) is 0 Å². The van der Waals surface area contributed by atoms with Gasteiger partial charge in [-0.05, 0) is 50.8 Å². The number of sulfonamides is 1. The maximum absolute atomic E-state index is 12.9. The first-order chi connectivity index (χ1) is 14.8. The molecule has 0 bridgehead atoms. The van der Waals surface area contributed by atoms with E-state index in [2.05, 4.69) is 26.6 Å². The Kier molecular flexibility index (Phi) is 6.83. The second-order valence-electron chi connectivity index (χ2n) is 9.33. The van der Waals surface area contributed by atoms with Gasteiger partial charge in [-0.3, -0.25) is 4.79 Å². The minimum absolute atomic E-state index is 0.0986. The van der Waals surface area contributed by atoms with Crippen molar-refractivity contribution in [2.75, 3.05) is 64.3 Å². The van der Waals surface area contributed by atoms with Gasteiger partial charge < -0.3 is 14.7 Å². The fourth-order valence-corrected chi connectivity index (χ4v) is 6.10. The van der Waals surface area contributed by atoms with Crippen LogP contribution in [0.1, 0.15) is 32.6 Å². The standard InChI is InChI=1S/C22H35N5O3S/c1-18-5-9-26(10-6-18)22(28)19-7-11-25(12-8-19)21-4-3-20(17-23-21)31(29,30)27-15-13-24(2)14-16-27/h3-4,17-19H,5-16H2,1-2H3. The quantitative estimate of drug-likeness (QED) is 0.693. The molecular weight excluding hydrogens is 414 g/mol. The molecule has 1 aromatic heterocycles. The number of nitrogens with zero attached hydrogens (tertiary/aromatic N) is 5. The summed E-state index contributed by atoms with van der Waals surface area (Å²) in [4.78, 5) is 23.9. The zero-order chi connectivity index (χ0) is 22.0. The van der Waals surface area contributed by atoms with Crippen molar-refractivity contribution in [2.45, 2.75) is 37.5 Å². The van der Waals surface area contributed by atoms with E-state index in [9.17, 15) is 13.2 Å². The molecule has 31 heavy (non-hydrogen) atoms. The molecule has 8 nitrogen and oxygen atoms in total. The molecule has 0 radical (unpaired) electrons. The van der Waals surface area contributed by atoms with Gasteiger partial charge in [-0.2, -0.15) is 4.31 Å². The summed E-state index contributed by atoms with van der Waals surface area (Å²) in [5, 5.41) is 0. The third-order valence-electron chi connectivity index (χ3n) is 7.08. The number of carbonyl (C=O) groups excluding carboxylic acids is 1. The summed E-state index contributed by atoms with van der Waals surface area (Å²) in [7, 11) is -1.49. The molecule has 4 heterocycles. The molecule has 0 saturated carbocycles. The molecule has 1 aromatic rings. The molecule has 0 spiro atoms. The lowest BCUT2D eigenvalue weighted by Gasteiger charge is -2.37. The summed E-state index contributed by atoms with van der Waals surface area (Å²) >= 11 is 0. The molecule has 3 saturated heterocycles. The Bertz CT molecular complexity index is 852. The Morgan fingerprint density at radius 2 is 1.58 bits per heavy atom. The zero-order valence-corrected chi connectivity index (χ0v) is 19.6. The molecule has 0 N–H and O–H groups in total. The first kappa shape index (κ1) is 22.5. The van der Waals surface area contributed by atoms with Gasteiger partial charge in [0, 0.05) is 64.5 Å². The van der Waals surface area contributed by atoms with Crippen LogP contribution in [0.15, 0.2) is 23.2 Å². The number of rotatable bonds is 4. The van der Waals surface area contributed by atoms with Crippen LogP contribution in [-0.4, -0.2) is 92.8 Å². The molecule has 172 valence electrons. The van der Waals surface area contributed by atoms with E-state index in [0.29, 0.717) is 19.0 Å². The number of amides is 1. The van der Waals surface area contributed by atoms with Gasteiger partial charge in [0.2, 0.25) is 15.9 Å². The van der Waals surface area contributed by atoms with E-state index >= 15 is 0 Å². The fraction of sp³-hybridized carbons (Fsp3) is 0.727. The number of likely N-dealkylation sites (N-methyl/N-ethyl adjacent to an activating group) is 1. The molecule has 0 atom stereocenters. The Morgan fingerprint density at radius 3 is 2.16 bits per heavy atom. The summed E-state index contributed by atoms with van der Waals surface area (Å²) in [6, 6.07) is 3.47. The Labute approximate surface area is 186 Å². The third-order valence-corrected chi connectivity index (χ3v) is 8.97. The van der Waals surface area contributed by atoms with E-state index in [1.165, 1.54) is 6.20 Å². The lowest BCUT2D eigenvalue weighted by Crippen LogP contribution is -2.47. The summed E-state index contributed by atoms with van der Waals surface area (Å²) in [5.74, 6) is 1.92. The van der Waals surface area contributed by atoms with Gasteiger partial charge in [0.05, 0.1) is 0 Å². The number of carbonyl (C=O) groups is 1. The van der Waals surface area contributed by atoms with Crippen LogP contribution < -0.4 is 4.90 Å². The number of hydrogen-bond acceptors (Lipinski definition) is 6. The van der Waals surface area contributed by atoms with E-state index in [1.807, 2.05) is 7.05 Å². The Balaban J connectivity index is 1.32. The lowest BCUT2D eigenvalue weighted by molar-refractivity contribution is -0.137. The van der Waals surface area contributed by atoms with Crippen LogP contribution >= 0.6 is 0 Å². The predicted molar refractivity (Wildman–Crippen MR) is 120 cm³/mol. The molecule has 3 aliphatic heterocycles. The largest absolute Gasteiger partial charge is 0.357 e. The molecule has 1 amide bonds. The van der Waals surface area contributed by atoms with E-state index in [0.717, 1.165) is 76.7 Å². The minimum Gasteiger partial charge on any atom is -0.357 e. The van der Waals surface area contributed by atoms with Crippen LogP contribution in [0.2, 0.25) is 0 Å². The van der Waals surface area contributed by atoms with E-state index in [4.69, 9.17) is 0 Å². The normalized spacial score (nSPS) is 23.3. The van der Waals surface area contributed by atoms with E-state index in [-0.39, 0.29) is 10.8 Å². The molecule has 3 aliphatic rings. The summed E-state index contributed by atoms with van der Waals surface area (Å²) in [5.41, 5.74) is 0. The molecule has 0 aliphatic carbocycles. The maximum atomic E-state index is 12.9. The monoisotopic (exact) mass is 449 g/mol. The highest BCUT2D eigenvalue weighted by Gasteiger charge is 2.31. The highest BCUT2D eigenvalue weighted by molar-refractivity contribution is 7.89. The van der Waals surface area contributed by atoms with Crippen molar-refractivity contribution >= 4 is 21.7 Å². The first-order valence-electron chi connectivity index (χ1n) is 11.5. The highest BCUT2D eigenvalue weighted by Crippen LogP contribution is 2.26. The van der Waals surface area contributed by atoms with Gasteiger partial charge in [0.25, 0.3) is 0 Å². The number of pyridine rings is 1. The fourth-order valence-electron chi connectivity index (χ4n) is 4.73. The van der Waals surface area contributed by atoms with Crippen molar-refractivity contribution in [3.8, 4) is 0 Å². The number of piperazine rings is 1. The van der Waals surface area contributed by atoms with Crippen molar-refractivity contribution in [1.82, 2.24) is 19.1 Å². The number of likely N-dealkylation sites (tertiary alicyclic amines) is 1. The Hall–Kier alpha value is -1.71. The van der Waals surface area contributed by atoms with E-state index in [1.54, 1.807) is 16.4 Å². The second-order valence-corrected chi connectivity index (χ2v) is 11.3. The van der Waals surface area contributed by atoms with Crippen LogP contribution in [0.5, 0.6) is 0 Å². The molecule has 0 aromatic carbocycles. The average Bonchev–Trinajstić information content (AvgIpc) is 2.80. The van der Waals surface area contributed by atoms with Crippen molar-refractivity contribution in [1.29, 1.82) is 0 Å². The smallest absolute Gasteiger partial charge is 0.244 e. The molecule has 4 rings (SSSR count). The van der Waals surface area contributed by atoms with Gasteiger partial charge in [-0.15, -0.1) is 0 Å². The Morgan fingerprint density at radius 1 is 0.935 bits per heavy atom. The molecular formula is C22H35N5O3S. The van der Waals surface area contributed by atoms with Crippen LogP contribution in [0.3, 0.4) is 0 Å². The highest BCUT2D eigenvalue weighted by atomic mass is 32.2. The number of hydrogen-bond donors (Lipinski definition) is 0. The van der Waals surface area contributed by atoms with Gasteiger partial charge in [-0.1, -0.05) is 6.92 Å². The summed E-state index contributed by atoms with van der Waals surface area (Å²) in [6.07, 6.45) is 5.35. The molecule has 3 fully saturated rings. The average molecular weight is 450 g/mol. The summed E-state index contributed by atoms with van der Waals surface area (Å²) < 4.78 is 27.3. The summed E-state index contributed by atoms with van der Waals surface area (Å²) in [6.45, 7) is 8.11. The molecule has 0 unspecified atom stereocenters. The van der Waals surface area contributed by atoms with Gasteiger partial charge in [0.1, 0.15) is 10.7 Å².